The third-order valence-electron chi connectivity index (χ3n) is 5.25. The van der Waals surface area contributed by atoms with Gasteiger partial charge in [-0.25, -0.2) is 4.98 Å². The van der Waals surface area contributed by atoms with Crippen LogP contribution in [0.25, 0.3) is 11.0 Å². The molecule has 1 aliphatic heterocycles. The number of carbonyl (C=O) groups excluding carboxylic acids is 1. The quantitative estimate of drug-likeness (QED) is 0.786. The maximum Gasteiger partial charge on any atom is 0.272 e. The van der Waals surface area contributed by atoms with Crippen LogP contribution in [0.1, 0.15) is 53.3 Å². The Kier molecular flexibility index (Phi) is 4.26. The van der Waals surface area contributed by atoms with E-state index in [0.717, 1.165) is 41.9 Å². The third-order valence-corrected chi connectivity index (χ3v) is 5.25. The van der Waals surface area contributed by atoms with E-state index in [4.69, 9.17) is 4.98 Å². The second-order valence-electron chi connectivity index (χ2n) is 7.17. The number of nitrogens with zero attached hydrogens (tertiary/aromatic N) is 4. The van der Waals surface area contributed by atoms with E-state index >= 15 is 0 Å². The van der Waals surface area contributed by atoms with Gasteiger partial charge in [0.05, 0.1) is 16.7 Å². The maximum atomic E-state index is 13.0. The van der Waals surface area contributed by atoms with Gasteiger partial charge < -0.3 is 9.88 Å². The zero-order chi connectivity index (χ0) is 18.3. The van der Waals surface area contributed by atoms with Crippen LogP contribution in [0.5, 0.6) is 0 Å². The molecule has 6 nitrogen and oxygen atoms in total. The Morgan fingerprint density at radius 2 is 2.19 bits per heavy atom. The largest absolute Gasteiger partial charge is 0.342 e. The highest BCUT2D eigenvalue weighted by molar-refractivity contribution is 5.92. The molecule has 0 saturated carbocycles. The van der Waals surface area contributed by atoms with Crippen molar-refractivity contribution >= 4 is 16.9 Å². The average molecular weight is 351 g/mol. The van der Waals surface area contributed by atoms with Crippen molar-refractivity contribution in [1.82, 2.24) is 24.6 Å². The number of hydrogen-bond donors (Lipinski definition) is 1. The van der Waals surface area contributed by atoms with Crippen LogP contribution in [-0.2, 0) is 6.54 Å². The molecule has 26 heavy (non-hydrogen) atoms. The molecule has 3 aromatic rings. The number of benzene rings is 1. The molecule has 6 heteroatoms. The van der Waals surface area contributed by atoms with Gasteiger partial charge in [-0.2, -0.15) is 5.10 Å². The molecule has 0 spiro atoms. The minimum atomic E-state index is 0.0736. The molecule has 0 unspecified atom stereocenters. The van der Waals surface area contributed by atoms with Gasteiger partial charge in [-0.1, -0.05) is 12.1 Å². The second-order valence-corrected chi connectivity index (χ2v) is 7.17. The molecule has 1 atom stereocenters. The summed E-state index contributed by atoms with van der Waals surface area (Å²) in [5.74, 6) is 1.31. The van der Waals surface area contributed by atoms with Crippen LogP contribution in [0.3, 0.4) is 0 Å². The Labute approximate surface area is 153 Å². The highest BCUT2D eigenvalue weighted by Gasteiger charge is 2.29. The lowest BCUT2D eigenvalue weighted by Gasteiger charge is -2.31. The monoisotopic (exact) mass is 351 g/mol. The molecule has 1 fully saturated rings. The van der Waals surface area contributed by atoms with Crippen molar-refractivity contribution in [2.75, 3.05) is 13.1 Å². The standard InChI is InChI=1S/C20H25N5O/c1-4-25-17(11-14(3)23-25)20(26)24-10-6-8-15(12-24)19-21-16-9-5-7-13(2)18(16)22-19/h5,7,9,11,15H,4,6,8,10,12H2,1-3H3,(H,21,22)/t15-/m1/s1. The molecule has 1 saturated heterocycles. The van der Waals surface area contributed by atoms with E-state index in [1.807, 2.05) is 30.9 Å². The number of imidazole rings is 1. The van der Waals surface area contributed by atoms with Gasteiger partial charge >= 0.3 is 0 Å². The van der Waals surface area contributed by atoms with Crippen molar-refractivity contribution in [1.29, 1.82) is 0 Å². The van der Waals surface area contributed by atoms with Crippen LogP contribution in [0.4, 0.5) is 0 Å². The number of aromatic amines is 1. The molecule has 4 rings (SSSR count). The van der Waals surface area contributed by atoms with Crippen LogP contribution in [0.2, 0.25) is 0 Å². The molecule has 3 heterocycles. The SMILES string of the molecule is CCn1nc(C)cc1C(=O)N1CCC[C@@H](c2nc3c(C)cccc3[nH]2)C1. The molecular weight excluding hydrogens is 326 g/mol. The number of aryl methyl sites for hydroxylation is 3. The van der Waals surface area contributed by atoms with Gasteiger partial charge in [-0.05, 0) is 51.3 Å². The van der Waals surface area contributed by atoms with Crippen LogP contribution in [0, 0.1) is 13.8 Å². The first-order chi connectivity index (χ1) is 12.6. The molecule has 2 aromatic heterocycles. The van der Waals surface area contributed by atoms with E-state index in [9.17, 15) is 4.79 Å². The third kappa shape index (κ3) is 2.89. The topological polar surface area (TPSA) is 66.8 Å². The van der Waals surface area contributed by atoms with Crippen LogP contribution in [0.15, 0.2) is 24.3 Å². The molecule has 0 radical (unpaired) electrons. The summed E-state index contributed by atoms with van der Waals surface area (Å²) in [6, 6.07) is 8.08. The Morgan fingerprint density at radius 1 is 1.35 bits per heavy atom. The second kappa shape index (κ2) is 6.59. The van der Waals surface area contributed by atoms with Crippen molar-refractivity contribution in [2.24, 2.45) is 0 Å². The first-order valence-electron chi connectivity index (χ1n) is 9.35. The summed E-state index contributed by atoms with van der Waals surface area (Å²) in [5, 5.41) is 4.41. The minimum absolute atomic E-state index is 0.0736. The number of fused-ring (bicyclic) bond motifs is 1. The van der Waals surface area contributed by atoms with Crippen LogP contribution < -0.4 is 0 Å². The van der Waals surface area contributed by atoms with Crippen molar-refractivity contribution in [3.8, 4) is 0 Å². The summed E-state index contributed by atoms with van der Waals surface area (Å²) < 4.78 is 1.80. The average Bonchev–Trinajstić information content (AvgIpc) is 3.25. The van der Waals surface area contributed by atoms with E-state index in [1.54, 1.807) is 4.68 Å². The van der Waals surface area contributed by atoms with Crippen molar-refractivity contribution in [2.45, 2.75) is 46.1 Å². The highest BCUT2D eigenvalue weighted by atomic mass is 16.2. The zero-order valence-electron chi connectivity index (χ0n) is 15.6. The van der Waals surface area contributed by atoms with Crippen molar-refractivity contribution in [3.63, 3.8) is 0 Å². The molecule has 1 aromatic carbocycles. The Morgan fingerprint density at radius 3 is 2.96 bits per heavy atom. The Hall–Kier alpha value is -2.63. The van der Waals surface area contributed by atoms with E-state index in [2.05, 4.69) is 29.1 Å². The fourth-order valence-corrected chi connectivity index (χ4v) is 3.89. The lowest BCUT2D eigenvalue weighted by molar-refractivity contribution is 0.0692. The summed E-state index contributed by atoms with van der Waals surface area (Å²) in [5.41, 5.74) is 4.85. The van der Waals surface area contributed by atoms with Gasteiger partial charge in [-0.3, -0.25) is 9.48 Å². The molecule has 1 N–H and O–H groups in total. The Balaban J connectivity index is 1.58. The normalized spacial score (nSPS) is 17.8. The van der Waals surface area contributed by atoms with Gasteiger partial charge in [0, 0.05) is 25.6 Å². The summed E-state index contributed by atoms with van der Waals surface area (Å²) in [7, 11) is 0. The van der Waals surface area contributed by atoms with Gasteiger partial charge in [0.25, 0.3) is 5.91 Å². The van der Waals surface area contributed by atoms with E-state index in [1.165, 1.54) is 5.56 Å². The number of nitrogens with one attached hydrogen (secondary N) is 1. The first-order valence-corrected chi connectivity index (χ1v) is 9.35. The zero-order valence-corrected chi connectivity index (χ0v) is 15.6. The number of amides is 1. The van der Waals surface area contributed by atoms with E-state index < -0.39 is 0 Å². The molecule has 1 aliphatic rings. The fraction of sp³-hybridized carbons (Fsp3) is 0.450. The highest BCUT2D eigenvalue weighted by Crippen LogP contribution is 2.28. The Bertz CT molecular complexity index is 954. The van der Waals surface area contributed by atoms with Gasteiger partial charge in [0.2, 0.25) is 0 Å². The first kappa shape index (κ1) is 16.8. The molecule has 136 valence electrons. The number of carbonyl (C=O) groups is 1. The lowest BCUT2D eigenvalue weighted by atomic mass is 9.97. The number of H-pyrrole nitrogens is 1. The number of piperidine rings is 1. The fourth-order valence-electron chi connectivity index (χ4n) is 3.89. The van der Waals surface area contributed by atoms with E-state index in [0.29, 0.717) is 18.8 Å². The van der Waals surface area contributed by atoms with Crippen molar-refractivity contribution < 1.29 is 4.79 Å². The summed E-state index contributed by atoms with van der Waals surface area (Å²) in [6.07, 6.45) is 2.04. The lowest BCUT2D eigenvalue weighted by Crippen LogP contribution is -2.40. The van der Waals surface area contributed by atoms with Gasteiger partial charge in [-0.15, -0.1) is 0 Å². The van der Waals surface area contributed by atoms with Crippen LogP contribution in [-0.4, -0.2) is 43.6 Å². The molecule has 1 amide bonds. The van der Waals surface area contributed by atoms with Gasteiger partial charge in [0.1, 0.15) is 11.5 Å². The number of aromatic nitrogens is 4. The number of likely N-dealkylation sites (tertiary alicyclic amines) is 1. The smallest absolute Gasteiger partial charge is 0.272 e. The van der Waals surface area contributed by atoms with E-state index in [-0.39, 0.29) is 11.8 Å². The van der Waals surface area contributed by atoms with Crippen LogP contribution >= 0.6 is 0 Å². The molecular formula is C20H25N5O. The van der Waals surface area contributed by atoms with Crippen molar-refractivity contribution in [3.05, 3.63) is 47.0 Å². The molecule has 0 aliphatic carbocycles. The summed E-state index contributed by atoms with van der Waals surface area (Å²) in [4.78, 5) is 23.3. The predicted molar refractivity (Wildman–Crippen MR) is 101 cm³/mol. The summed E-state index contributed by atoms with van der Waals surface area (Å²) >= 11 is 0. The number of hydrogen-bond acceptors (Lipinski definition) is 3. The van der Waals surface area contributed by atoms with Gasteiger partial charge in [0.15, 0.2) is 0 Å². The predicted octanol–water partition coefficient (Wildman–Crippen LogP) is 3.42. The number of rotatable bonds is 3. The number of para-hydroxylation sites is 1. The maximum absolute atomic E-state index is 13.0. The summed E-state index contributed by atoms with van der Waals surface area (Å²) in [6.45, 7) is 8.22. The minimum Gasteiger partial charge on any atom is -0.342 e. The molecule has 0 bridgehead atoms.